The van der Waals surface area contributed by atoms with Crippen LogP contribution in [0, 0.1) is 0 Å². The van der Waals surface area contributed by atoms with Crippen molar-refractivity contribution in [2.24, 2.45) is 0 Å². The number of phosphoric acid groups is 1. The summed E-state index contributed by atoms with van der Waals surface area (Å²) in [7, 11) is -4.78. The number of aromatic nitrogens is 1. The van der Waals surface area contributed by atoms with Crippen LogP contribution >= 0.6 is 7.82 Å². The molecule has 0 aliphatic carbocycles. The predicted molar refractivity (Wildman–Crippen MR) is 41.7 cm³/mol. The van der Waals surface area contributed by atoms with E-state index in [1.165, 1.54) is 18.3 Å². The molecule has 0 saturated carbocycles. The van der Waals surface area contributed by atoms with Gasteiger partial charge < -0.3 is 4.52 Å². The highest BCUT2D eigenvalue weighted by Crippen LogP contribution is 2.36. The molecule has 0 aliphatic heterocycles. The number of nitrogens with zero attached hydrogens (tertiary/aromatic N) is 1. The zero-order chi connectivity index (χ0) is 9.90. The lowest BCUT2D eigenvalue weighted by atomic mass is 10.4. The summed E-state index contributed by atoms with van der Waals surface area (Å²) in [5.41, 5.74) is -0.147. The Bertz CT molecular complexity index is 345. The average Bonchev–Trinajstić information content (AvgIpc) is 2.03. The number of hydrogen-bond donors (Lipinski definition) is 2. The third kappa shape index (κ3) is 3.33. The van der Waals surface area contributed by atoms with Crippen molar-refractivity contribution in [2.75, 3.05) is 0 Å². The Morgan fingerprint density at radius 3 is 2.62 bits per heavy atom. The minimum atomic E-state index is -4.78. The Labute approximate surface area is 73.4 Å². The van der Waals surface area contributed by atoms with Gasteiger partial charge in [0.15, 0.2) is 0 Å². The van der Waals surface area contributed by atoms with Crippen LogP contribution in [0.4, 0.5) is 0 Å². The van der Waals surface area contributed by atoms with Gasteiger partial charge in [0.25, 0.3) is 0 Å². The fourth-order valence-electron chi connectivity index (χ4n) is 0.638. The number of rotatable bonds is 2. The summed E-state index contributed by atoms with van der Waals surface area (Å²) < 4.78 is 14.0. The molecule has 7 heteroatoms. The van der Waals surface area contributed by atoms with Gasteiger partial charge >= 0.3 is 13.8 Å². The van der Waals surface area contributed by atoms with Gasteiger partial charge in [-0.3, -0.25) is 9.79 Å². The Morgan fingerprint density at radius 2 is 2.15 bits per heavy atom. The maximum atomic E-state index is 10.9. The summed E-state index contributed by atoms with van der Waals surface area (Å²) in [6.45, 7) is 0. The maximum absolute atomic E-state index is 10.9. The van der Waals surface area contributed by atoms with Crippen LogP contribution in [-0.2, 0) is 9.09 Å². The van der Waals surface area contributed by atoms with Gasteiger partial charge in [-0.2, -0.15) is 0 Å². The summed E-state index contributed by atoms with van der Waals surface area (Å²) in [4.78, 5) is 31.0. The van der Waals surface area contributed by atoms with E-state index in [0.29, 0.717) is 0 Å². The van der Waals surface area contributed by atoms with Crippen LogP contribution in [0.5, 0.6) is 0 Å². The number of pyridine rings is 1. The van der Waals surface area contributed by atoms with Crippen LogP contribution in [0.2, 0.25) is 0 Å². The lowest BCUT2D eigenvalue weighted by Gasteiger charge is -2.03. The molecule has 1 heterocycles. The van der Waals surface area contributed by atoms with Crippen molar-refractivity contribution in [2.45, 2.75) is 0 Å². The van der Waals surface area contributed by atoms with Crippen LogP contribution in [0.3, 0.4) is 0 Å². The first-order valence-electron chi connectivity index (χ1n) is 3.19. The van der Waals surface area contributed by atoms with E-state index in [9.17, 15) is 9.36 Å². The van der Waals surface area contributed by atoms with Crippen molar-refractivity contribution in [3.8, 4) is 0 Å². The van der Waals surface area contributed by atoms with E-state index in [1.807, 2.05) is 0 Å². The van der Waals surface area contributed by atoms with E-state index in [1.54, 1.807) is 6.07 Å². The second-order valence-corrected chi connectivity index (χ2v) is 3.25. The lowest BCUT2D eigenvalue weighted by molar-refractivity contribution is 0.0671. The minimum absolute atomic E-state index is 0.147. The highest BCUT2D eigenvalue weighted by atomic mass is 31.2. The number of carbonyl (C=O) groups excluding carboxylic acids is 1. The molecule has 0 aromatic carbocycles. The van der Waals surface area contributed by atoms with Gasteiger partial charge in [0.1, 0.15) is 5.69 Å². The van der Waals surface area contributed by atoms with Crippen molar-refractivity contribution in [1.82, 2.24) is 4.98 Å². The van der Waals surface area contributed by atoms with Gasteiger partial charge in [-0.15, -0.1) is 0 Å². The van der Waals surface area contributed by atoms with Gasteiger partial charge in [0.2, 0.25) is 0 Å². The quantitative estimate of drug-likeness (QED) is 0.672. The van der Waals surface area contributed by atoms with Crippen LogP contribution in [0.25, 0.3) is 0 Å². The molecule has 0 radical (unpaired) electrons. The number of phosphoric ester groups is 1. The highest BCUT2D eigenvalue weighted by molar-refractivity contribution is 7.46. The Kier molecular flexibility index (Phi) is 2.77. The van der Waals surface area contributed by atoms with E-state index < -0.39 is 13.8 Å². The molecule has 13 heavy (non-hydrogen) atoms. The van der Waals surface area contributed by atoms with E-state index in [4.69, 9.17) is 9.79 Å². The topological polar surface area (TPSA) is 96.7 Å². The normalized spacial score (nSPS) is 10.9. The summed E-state index contributed by atoms with van der Waals surface area (Å²) in [6, 6.07) is 4.36. The molecule has 2 N–H and O–H groups in total. The Hall–Kier alpha value is -1.23. The second-order valence-electron chi connectivity index (χ2n) is 2.08. The molecule has 1 aromatic rings. The molecular weight excluding hydrogens is 197 g/mol. The average molecular weight is 203 g/mol. The van der Waals surface area contributed by atoms with E-state index in [0.717, 1.165) is 0 Å². The van der Waals surface area contributed by atoms with Gasteiger partial charge in [-0.1, -0.05) is 6.07 Å². The Balaban J connectivity index is 2.76. The number of hydrogen-bond acceptors (Lipinski definition) is 4. The van der Waals surface area contributed by atoms with Crippen molar-refractivity contribution >= 4 is 13.8 Å². The molecule has 6 nitrogen and oxygen atoms in total. The molecule has 1 aromatic heterocycles. The molecular formula is C6H6NO5P. The largest absolute Gasteiger partial charge is 0.527 e. The smallest absolute Gasteiger partial charge is 0.366 e. The molecule has 70 valence electrons. The number of carbonyl (C=O) groups is 1. The van der Waals surface area contributed by atoms with Crippen LogP contribution in [0.1, 0.15) is 10.5 Å². The molecule has 0 fully saturated rings. The monoisotopic (exact) mass is 203 g/mol. The molecule has 0 aliphatic rings. The first kappa shape index (κ1) is 9.85. The summed E-state index contributed by atoms with van der Waals surface area (Å²) in [6.07, 6.45) is 1.32. The lowest BCUT2D eigenvalue weighted by Crippen LogP contribution is -2.04. The molecule has 0 bridgehead atoms. The fourth-order valence-corrected chi connectivity index (χ4v) is 0.948. The first-order valence-corrected chi connectivity index (χ1v) is 4.72. The van der Waals surface area contributed by atoms with Crippen molar-refractivity contribution < 1.29 is 23.7 Å². The van der Waals surface area contributed by atoms with Gasteiger partial charge in [-0.05, 0) is 12.1 Å². The predicted octanol–water partition coefficient (Wildman–Crippen LogP) is 0.331. The maximum Gasteiger partial charge on any atom is 0.527 e. The van der Waals surface area contributed by atoms with E-state index in [-0.39, 0.29) is 5.69 Å². The molecule has 0 spiro atoms. The summed E-state index contributed by atoms with van der Waals surface area (Å²) >= 11 is 0. The molecule has 0 amide bonds. The Morgan fingerprint density at radius 1 is 1.46 bits per heavy atom. The third-order valence-corrected chi connectivity index (χ3v) is 1.48. The minimum Gasteiger partial charge on any atom is -0.366 e. The van der Waals surface area contributed by atoms with Gasteiger partial charge in [0, 0.05) is 6.20 Å². The van der Waals surface area contributed by atoms with E-state index >= 15 is 0 Å². The fraction of sp³-hybridized carbons (Fsp3) is 0. The molecule has 0 saturated heterocycles. The second kappa shape index (κ2) is 3.66. The first-order chi connectivity index (χ1) is 5.99. The van der Waals surface area contributed by atoms with Gasteiger partial charge in [0.05, 0.1) is 0 Å². The van der Waals surface area contributed by atoms with Gasteiger partial charge in [-0.25, -0.2) is 14.3 Å². The standard InChI is InChI=1S/C6H6NO5P/c8-6(12-13(9,10)11)5-3-1-2-4-7-5/h1-4H,(H2,9,10,11). The van der Waals surface area contributed by atoms with E-state index in [2.05, 4.69) is 9.51 Å². The van der Waals surface area contributed by atoms with Crippen LogP contribution in [0.15, 0.2) is 24.4 Å². The molecule has 0 unspecified atom stereocenters. The zero-order valence-corrected chi connectivity index (χ0v) is 7.22. The highest BCUT2D eigenvalue weighted by Gasteiger charge is 2.21. The van der Waals surface area contributed by atoms with Crippen LogP contribution in [-0.4, -0.2) is 20.7 Å². The summed E-state index contributed by atoms with van der Waals surface area (Å²) in [5.74, 6) is -1.14. The third-order valence-electron chi connectivity index (χ3n) is 1.08. The zero-order valence-electron chi connectivity index (χ0n) is 6.32. The van der Waals surface area contributed by atoms with Crippen molar-refractivity contribution in [3.05, 3.63) is 30.1 Å². The van der Waals surface area contributed by atoms with Crippen LogP contribution < -0.4 is 0 Å². The summed E-state index contributed by atoms with van der Waals surface area (Å²) in [5, 5.41) is 0. The molecule has 1 rings (SSSR count). The molecule has 0 atom stereocenters. The van der Waals surface area contributed by atoms with Crippen molar-refractivity contribution in [3.63, 3.8) is 0 Å². The van der Waals surface area contributed by atoms with Crippen molar-refractivity contribution in [1.29, 1.82) is 0 Å². The SMILES string of the molecule is O=C(OP(=O)(O)O)c1ccccn1.